The minimum Gasteiger partial charge on any atom is -0.303 e. The van der Waals surface area contributed by atoms with Crippen LogP contribution in [0.3, 0.4) is 0 Å². The lowest BCUT2D eigenvalue weighted by Gasteiger charge is -2.01. The molecule has 0 aliphatic rings. The molecule has 0 atom stereocenters. The van der Waals surface area contributed by atoms with Gasteiger partial charge in [-0.15, -0.1) is 0 Å². The SMILES string of the molecule is O=CCCc1cc(Cl)ccc1Br. The third kappa shape index (κ3) is 2.61. The summed E-state index contributed by atoms with van der Waals surface area (Å²) in [7, 11) is 0. The fourth-order valence-corrected chi connectivity index (χ4v) is 1.59. The highest BCUT2D eigenvalue weighted by Gasteiger charge is 1.99. The third-order valence-electron chi connectivity index (χ3n) is 1.54. The number of carbonyl (C=O) groups excluding carboxylic acids is 1. The van der Waals surface area contributed by atoms with Crippen molar-refractivity contribution >= 4 is 33.8 Å². The number of hydrogen-bond donors (Lipinski definition) is 0. The Morgan fingerprint density at radius 3 is 2.92 bits per heavy atom. The Morgan fingerprint density at radius 1 is 1.50 bits per heavy atom. The van der Waals surface area contributed by atoms with Gasteiger partial charge in [0.05, 0.1) is 0 Å². The largest absolute Gasteiger partial charge is 0.303 e. The molecule has 1 rings (SSSR count). The Morgan fingerprint density at radius 2 is 2.25 bits per heavy atom. The molecule has 0 fully saturated rings. The maximum atomic E-state index is 10.1. The van der Waals surface area contributed by atoms with Gasteiger partial charge in [0.1, 0.15) is 6.29 Å². The summed E-state index contributed by atoms with van der Waals surface area (Å²) in [4.78, 5) is 10.1. The van der Waals surface area contributed by atoms with E-state index in [0.29, 0.717) is 11.4 Å². The summed E-state index contributed by atoms with van der Waals surface area (Å²) in [6, 6.07) is 5.58. The van der Waals surface area contributed by atoms with E-state index in [-0.39, 0.29) is 0 Å². The van der Waals surface area contributed by atoms with Crippen molar-refractivity contribution in [1.29, 1.82) is 0 Å². The molecule has 12 heavy (non-hydrogen) atoms. The fourth-order valence-electron chi connectivity index (χ4n) is 0.949. The Bertz CT molecular complexity index is 286. The number of aldehydes is 1. The van der Waals surface area contributed by atoms with E-state index in [1.165, 1.54) is 0 Å². The van der Waals surface area contributed by atoms with Crippen molar-refractivity contribution in [2.24, 2.45) is 0 Å². The Balaban J connectivity index is 2.82. The molecule has 0 aliphatic carbocycles. The monoisotopic (exact) mass is 246 g/mol. The number of carbonyl (C=O) groups is 1. The number of halogens is 2. The Kier molecular flexibility index (Phi) is 3.76. The van der Waals surface area contributed by atoms with E-state index in [2.05, 4.69) is 15.9 Å². The predicted octanol–water partition coefficient (Wildman–Crippen LogP) is 3.23. The number of rotatable bonds is 3. The molecule has 0 bridgehead atoms. The average molecular weight is 248 g/mol. The maximum absolute atomic E-state index is 10.1. The highest BCUT2D eigenvalue weighted by molar-refractivity contribution is 9.10. The van der Waals surface area contributed by atoms with Crippen molar-refractivity contribution in [3.05, 3.63) is 33.3 Å². The molecule has 0 aliphatic heterocycles. The highest BCUT2D eigenvalue weighted by Crippen LogP contribution is 2.21. The summed E-state index contributed by atoms with van der Waals surface area (Å²) in [5.41, 5.74) is 1.08. The van der Waals surface area contributed by atoms with Gasteiger partial charge >= 0.3 is 0 Å². The van der Waals surface area contributed by atoms with Crippen LogP contribution in [0.2, 0.25) is 5.02 Å². The van der Waals surface area contributed by atoms with E-state index in [1.54, 1.807) is 0 Å². The summed E-state index contributed by atoms with van der Waals surface area (Å²) in [6.07, 6.45) is 2.19. The van der Waals surface area contributed by atoms with Gasteiger partial charge in [-0.05, 0) is 30.2 Å². The second-order valence-electron chi connectivity index (χ2n) is 2.44. The number of benzene rings is 1. The zero-order valence-corrected chi connectivity index (χ0v) is 8.73. The first kappa shape index (κ1) is 9.75. The van der Waals surface area contributed by atoms with Gasteiger partial charge in [-0.2, -0.15) is 0 Å². The molecule has 0 spiro atoms. The zero-order valence-electron chi connectivity index (χ0n) is 6.39. The summed E-state index contributed by atoms with van der Waals surface area (Å²) < 4.78 is 1.01. The summed E-state index contributed by atoms with van der Waals surface area (Å²) >= 11 is 9.17. The molecule has 0 unspecified atom stereocenters. The summed E-state index contributed by atoms with van der Waals surface area (Å²) in [6.45, 7) is 0. The van der Waals surface area contributed by atoms with Crippen LogP contribution in [0.15, 0.2) is 22.7 Å². The molecule has 0 amide bonds. The minimum absolute atomic E-state index is 0.541. The standard InChI is InChI=1S/C9H8BrClO/c10-9-4-3-8(11)6-7(9)2-1-5-12/h3-6H,1-2H2. The van der Waals surface area contributed by atoms with Gasteiger partial charge in [0.25, 0.3) is 0 Å². The topological polar surface area (TPSA) is 17.1 Å². The van der Waals surface area contributed by atoms with E-state index in [1.807, 2.05) is 18.2 Å². The summed E-state index contributed by atoms with van der Waals surface area (Å²) in [5.74, 6) is 0. The van der Waals surface area contributed by atoms with Crippen LogP contribution in [0.4, 0.5) is 0 Å². The van der Waals surface area contributed by atoms with E-state index in [0.717, 1.165) is 22.7 Å². The van der Waals surface area contributed by atoms with Crippen LogP contribution in [0.25, 0.3) is 0 Å². The number of hydrogen-bond acceptors (Lipinski definition) is 1. The van der Waals surface area contributed by atoms with Crippen LogP contribution in [0, 0.1) is 0 Å². The van der Waals surface area contributed by atoms with Crippen molar-refractivity contribution in [3.8, 4) is 0 Å². The molecule has 1 nitrogen and oxygen atoms in total. The highest BCUT2D eigenvalue weighted by atomic mass is 79.9. The quantitative estimate of drug-likeness (QED) is 0.750. The first-order valence-electron chi connectivity index (χ1n) is 3.61. The van der Waals surface area contributed by atoms with E-state index in [4.69, 9.17) is 11.6 Å². The van der Waals surface area contributed by atoms with E-state index < -0.39 is 0 Å². The first-order valence-corrected chi connectivity index (χ1v) is 4.78. The molecule has 64 valence electrons. The van der Waals surface area contributed by atoms with Crippen LogP contribution in [0.5, 0.6) is 0 Å². The van der Waals surface area contributed by atoms with Crippen molar-refractivity contribution < 1.29 is 4.79 Å². The molecule has 1 aromatic rings. The lowest BCUT2D eigenvalue weighted by atomic mass is 10.1. The summed E-state index contributed by atoms with van der Waals surface area (Å²) in [5, 5.41) is 0.707. The third-order valence-corrected chi connectivity index (χ3v) is 2.55. The molecule has 0 aromatic heterocycles. The second kappa shape index (κ2) is 4.63. The molecular weight excluding hydrogens is 239 g/mol. The molecular formula is C9H8BrClO. The second-order valence-corrected chi connectivity index (χ2v) is 3.73. The average Bonchev–Trinajstić information content (AvgIpc) is 2.07. The van der Waals surface area contributed by atoms with Crippen molar-refractivity contribution in [2.75, 3.05) is 0 Å². The smallest absolute Gasteiger partial charge is 0.120 e. The van der Waals surface area contributed by atoms with Crippen LogP contribution in [-0.2, 0) is 11.2 Å². The lowest BCUT2D eigenvalue weighted by molar-refractivity contribution is -0.107. The van der Waals surface area contributed by atoms with Gasteiger partial charge in [0.2, 0.25) is 0 Å². The minimum atomic E-state index is 0.541. The van der Waals surface area contributed by atoms with Gasteiger partial charge < -0.3 is 4.79 Å². The van der Waals surface area contributed by atoms with Crippen LogP contribution >= 0.6 is 27.5 Å². The molecule has 0 saturated heterocycles. The van der Waals surface area contributed by atoms with E-state index in [9.17, 15) is 4.79 Å². The lowest BCUT2D eigenvalue weighted by Crippen LogP contribution is -1.87. The Labute approximate surface area is 84.9 Å². The van der Waals surface area contributed by atoms with Crippen LogP contribution < -0.4 is 0 Å². The van der Waals surface area contributed by atoms with Gasteiger partial charge in [0, 0.05) is 15.9 Å². The van der Waals surface area contributed by atoms with Gasteiger partial charge in [-0.1, -0.05) is 27.5 Å². The first-order chi connectivity index (χ1) is 5.74. The van der Waals surface area contributed by atoms with E-state index >= 15 is 0 Å². The van der Waals surface area contributed by atoms with Gasteiger partial charge in [-0.3, -0.25) is 0 Å². The molecule has 0 radical (unpaired) electrons. The molecule has 1 aromatic carbocycles. The normalized spacial score (nSPS) is 9.83. The predicted molar refractivity (Wildman–Crippen MR) is 53.5 cm³/mol. The molecule has 0 N–H and O–H groups in total. The molecule has 0 saturated carbocycles. The van der Waals surface area contributed by atoms with Crippen LogP contribution in [-0.4, -0.2) is 6.29 Å². The Hall–Kier alpha value is -0.340. The molecule has 0 heterocycles. The fraction of sp³-hybridized carbons (Fsp3) is 0.222. The van der Waals surface area contributed by atoms with Crippen LogP contribution in [0.1, 0.15) is 12.0 Å². The number of aryl methyl sites for hydroxylation is 1. The van der Waals surface area contributed by atoms with Crippen molar-refractivity contribution in [2.45, 2.75) is 12.8 Å². The zero-order chi connectivity index (χ0) is 8.97. The van der Waals surface area contributed by atoms with Crippen molar-refractivity contribution in [3.63, 3.8) is 0 Å². The van der Waals surface area contributed by atoms with Gasteiger partial charge in [-0.25, -0.2) is 0 Å². The maximum Gasteiger partial charge on any atom is 0.120 e. The molecule has 3 heteroatoms. The van der Waals surface area contributed by atoms with Gasteiger partial charge in [0.15, 0.2) is 0 Å². The van der Waals surface area contributed by atoms with Crippen molar-refractivity contribution in [1.82, 2.24) is 0 Å².